The van der Waals surface area contributed by atoms with Gasteiger partial charge >= 0.3 is 0 Å². The molecule has 2 aromatic carbocycles. The van der Waals surface area contributed by atoms with Crippen molar-refractivity contribution in [3.05, 3.63) is 58.9 Å². The molecular weight excluding hydrogens is 269 g/mol. The van der Waals surface area contributed by atoms with Crippen LogP contribution in [0.1, 0.15) is 23.6 Å². The van der Waals surface area contributed by atoms with E-state index in [-0.39, 0.29) is 11.3 Å². The number of hydrogen-bond donors (Lipinski definition) is 1. The highest BCUT2D eigenvalue weighted by Gasteiger charge is 2.19. The Morgan fingerprint density at radius 2 is 2.05 bits per heavy atom. The SMILES string of the molecule is CC1=C(c2cc(F)cc(C#N)c2)COc2ccc(O)cc21. The molecule has 0 fully saturated rings. The number of benzene rings is 2. The Hall–Kier alpha value is -2.80. The largest absolute Gasteiger partial charge is 0.508 e. The van der Waals surface area contributed by atoms with Crippen LogP contribution >= 0.6 is 0 Å². The van der Waals surface area contributed by atoms with Crippen LogP contribution in [0.5, 0.6) is 11.5 Å². The van der Waals surface area contributed by atoms with Gasteiger partial charge in [-0.05, 0) is 54.5 Å². The standard InChI is InChI=1S/C17H12FNO2/c1-10-15-7-14(20)2-3-17(15)21-9-16(10)12-4-11(8-19)5-13(18)6-12/h2-7,20H,9H2,1H3. The third-order valence-corrected chi connectivity index (χ3v) is 3.57. The molecule has 0 radical (unpaired) electrons. The molecule has 1 N–H and O–H groups in total. The third kappa shape index (κ3) is 2.34. The Bertz CT molecular complexity index is 803. The second-order valence-electron chi connectivity index (χ2n) is 4.91. The number of halogens is 1. The fourth-order valence-electron chi connectivity index (χ4n) is 2.49. The molecule has 0 aliphatic carbocycles. The van der Waals surface area contributed by atoms with E-state index in [1.807, 2.05) is 13.0 Å². The fourth-order valence-corrected chi connectivity index (χ4v) is 2.49. The maximum absolute atomic E-state index is 13.6. The van der Waals surface area contributed by atoms with E-state index in [4.69, 9.17) is 10.00 Å². The van der Waals surface area contributed by atoms with Crippen LogP contribution in [0.3, 0.4) is 0 Å². The maximum atomic E-state index is 13.6. The fraction of sp³-hybridized carbons (Fsp3) is 0.118. The number of nitriles is 1. The number of allylic oxidation sites excluding steroid dienone is 1. The molecule has 0 bridgehead atoms. The van der Waals surface area contributed by atoms with Crippen LogP contribution in [0.4, 0.5) is 4.39 Å². The van der Waals surface area contributed by atoms with Gasteiger partial charge in [0.25, 0.3) is 0 Å². The van der Waals surface area contributed by atoms with Gasteiger partial charge in [-0.25, -0.2) is 4.39 Å². The molecule has 0 spiro atoms. The van der Waals surface area contributed by atoms with E-state index in [1.54, 1.807) is 24.3 Å². The Balaban J connectivity index is 2.17. The Morgan fingerprint density at radius 3 is 2.81 bits per heavy atom. The number of ether oxygens (including phenoxy) is 1. The number of rotatable bonds is 1. The summed E-state index contributed by atoms with van der Waals surface area (Å²) >= 11 is 0. The number of phenols is 1. The van der Waals surface area contributed by atoms with Gasteiger partial charge in [-0.3, -0.25) is 0 Å². The minimum absolute atomic E-state index is 0.148. The summed E-state index contributed by atoms with van der Waals surface area (Å²) in [5.41, 5.74) is 3.38. The van der Waals surface area contributed by atoms with Gasteiger partial charge in [0.15, 0.2) is 0 Å². The number of phenolic OH excluding ortho intramolecular Hbond substituents is 1. The monoisotopic (exact) mass is 281 g/mol. The molecule has 1 aliphatic heterocycles. The van der Waals surface area contributed by atoms with Crippen LogP contribution in [-0.2, 0) is 0 Å². The molecule has 21 heavy (non-hydrogen) atoms. The van der Waals surface area contributed by atoms with Crippen molar-refractivity contribution in [1.82, 2.24) is 0 Å². The molecule has 0 atom stereocenters. The molecule has 2 aromatic rings. The van der Waals surface area contributed by atoms with Crippen molar-refractivity contribution in [2.75, 3.05) is 6.61 Å². The molecule has 0 aromatic heterocycles. The molecule has 0 saturated carbocycles. The van der Waals surface area contributed by atoms with E-state index in [0.29, 0.717) is 17.9 Å². The number of fused-ring (bicyclic) bond motifs is 1. The summed E-state index contributed by atoms with van der Waals surface area (Å²) in [7, 11) is 0. The molecule has 104 valence electrons. The molecule has 4 heteroatoms. The Labute approximate surface area is 121 Å². The highest BCUT2D eigenvalue weighted by Crippen LogP contribution is 2.38. The first-order chi connectivity index (χ1) is 10.1. The molecule has 0 unspecified atom stereocenters. The van der Waals surface area contributed by atoms with Gasteiger partial charge in [-0.1, -0.05) is 0 Å². The summed E-state index contributed by atoms with van der Waals surface area (Å²) in [4.78, 5) is 0. The van der Waals surface area contributed by atoms with Crippen molar-refractivity contribution in [2.24, 2.45) is 0 Å². The predicted molar refractivity (Wildman–Crippen MR) is 77.2 cm³/mol. The van der Waals surface area contributed by atoms with Crippen molar-refractivity contribution >= 4 is 11.1 Å². The minimum Gasteiger partial charge on any atom is -0.508 e. The van der Waals surface area contributed by atoms with Crippen LogP contribution < -0.4 is 4.74 Å². The summed E-state index contributed by atoms with van der Waals surface area (Å²) in [6.45, 7) is 2.20. The van der Waals surface area contributed by atoms with Crippen molar-refractivity contribution in [2.45, 2.75) is 6.92 Å². The lowest BCUT2D eigenvalue weighted by atomic mass is 9.93. The zero-order chi connectivity index (χ0) is 15.0. The van der Waals surface area contributed by atoms with Gasteiger partial charge in [0, 0.05) is 11.1 Å². The van der Waals surface area contributed by atoms with Crippen LogP contribution in [0.2, 0.25) is 0 Å². The first-order valence-electron chi connectivity index (χ1n) is 6.45. The molecule has 0 amide bonds. The first kappa shape index (κ1) is 13.2. The second kappa shape index (κ2) is 4.95. The van der Waals surface area contributed by atoms with E-state index in [2.05, 4.69) is 0 Å². The topological polar surface area (TPSA) is 53.2 Å². The zero-order valence-corrected chi connectivity index (χ0v) is 11.4. The van der Waals surface area contributed by atoms with E-state index < -0.39 is 5.82 Å². The van der Waals surface area contributed by atoms with E-state index in [9.17, 15) is 9.50 Å². The van der Waals surface area contributed by atoms with Crippen molar-refractivity contribution in [3.63, 3.8) is 0 Å². The molecular formula is C17H12FNO2. The quantitative estimate of drug-likeness (QED) is 0.866. The first-order valence-corrected chi connectivity index (χ1v) is 6.45. The van der Waals surface area contributed by atoms with Crippen molar-refractivity contribution in [1.29, 1.82) is 5.26 Å². The lowest BCUT2D eigenvalue weighted by molar-refractivity contribution is 0.363. The van der Waals surface area contributed by atoms with Gasteiger partial charge in [0.05, 0.1) is 11.6 Å². The van der Waals surface area contributed by atoms with E-state index in [1.165, 1.54) is 12.1 Å². The summed E-state index contributed by atoms with van der Waals surface area (Å²) in [6, 6.07) is 11.1. The average molecular weight is 281 g/mol. The van der Waals surface area contributed by atoms with Gasteiger partial charge in [0.1, 0.15) is 23.9 Å². The third-order valence-electron chi connectivity index (χ3n) is 3.57. The smallest absolute Gasteiger partial charge is 0.127 e. The highest BCUT2D eigenvalue weighted by atomic mass is 19.1. The molecule has 1 aliphatic rings. The Kier molecular flexibility index (Phi) is 3.11. The van der Waals surface area contributed by atoms with Gasteiger partial charge < -0.3 is 9.84 Å². The molecule has 3 nitrogen and oxygen atoms in total. The van der Waals surface area contributed by atoms with Crippen molar-refractivity contribution in [3.8, 4) is 17.6 Å². The second-order valence-corrected chi connectivity index (χ2v) is 4.91. The lowest BCUT2D eigenvalue weighted by Crippen LogP contribution is -2.10. The number of hydrogen-bond acceptors (Lipinski definition) is 3. The lowest BCUT2D eigenvalue weighted by Gasteiger charge is -2.22. The van der Waals surface area contributed by atoms with Crippen LogP contribution in [-0.4, -0.2) is 11.7 Å². The van der Waals surface area contributed by atoms with E-state index >= 15 is 0 Å². The minimum atomic E-state index is -0.453. The Morgan fingerprint density at radius 1 is 1.24 bits per heavy atom. The van der Waals surface area contributed by atoms with Crippen molar-refractivity contribution < 1.29 is 14.2 Å². The summed E-state index contributed by atoms with van der Waals surface area (Å²) in [6.07, 6.45) is 0. The van der Waals surface area contributed by atoms with E-state index in [0.717, 1.165) is 16.7 Å². The molecule has 1 heterocycles. The van der Waals surface area contributed by atoms with Gasteiger partial charge in [0.2, 0.25) is 0 Å². The van der Waals surface area contributed by atoms with Crippen LogP contribution in [0, 0.1) is 17.1 Å². The highest BCUT2D eigenvalue weighted by molar-refractivity contribution is 5.94. The van der Waals surface area contributed by atoms with Gasteiger partial charge in [-0.2, -0.15) is 5.26 Å². The molecule has 3 rings (SSSR count). The summed E-state index contributed by atoms with van der Waals surface area (Å²) < 4.78 is 19.3. The van der Waals surface area contributed by atoms with Crippen LogP contribution in [0.25, 0.3) is 11.1 Å². The van der Waals surface area contributed by atoms with Crippen LogP contribution in [0.15, 0.2) is 36.4 Å². The average Bonchev–Trinajstić information content (AvgIpc) is 2.47. The summed E-state index contributed by atoms with van der Waals surface area (Å²) in [5, 5.41) is 18.6. The predicted octanol–water partition coefficient (Wildman–Crippen LogP) is 3.73. The number of nitrogens with zero attached hydrogens (tertiary/aromatic N) is 1. The number of aromatic hydroxyl groups is 1. The molecule has 0 saturated heterocycles. The zero-order valence-electron chi connectivity index (χ0n) is 11.4. The maximum Gasteiger partial charge on any atom is 0.127 e. The normalized spacial score (nSPS) is 13.4. The summed E-state index contributed by atoms with van der Waals surface area (Å²) in [5.74, 6) is 0.381. The van der Waals surface area contributed by atoms with Gasteiger partial charge in [-0.15, -0.1) is 0 Å².